The van der Waals surface area contributed by atoms with Crippen LogP contribution in [0.15, 0.2) is 23.2 Å². The lowest BCUT2D eigenvalue weighted by molar-refractivity contribution is -0.120. The van der Waals surface area contributed by atoms with Crippen molar-refractivity contribution in [3.63, 3.8) is 0 Å². The van der Waals surface area contributed by atoms with E-state index in [1.807, 2.05) is 13.8 Å². The van der Waals surface area contributed by atoms with Gasteiger partial charge in [-0.1, -0.05) is 30.1 Å². The van der Waals surface area contributed by atoms with Crippen LogP contribution in [0, 0.1) is 0 Å². The number of amides is 1. The Morgan fingerprint density at radius 1 is 1.12 bits per heavy atom. The van der Waals surface area contributed by atoms with Gasteiger partial charge in [-0.3, -0.25) is 9.79 Å². The highest BCUT2D eigenvalue weighted by Gasteiger charge is 2.10. The second-order valence-electron chi connectivity index (χ2n) is 5.46. The Bertz CT molecular complexity index is 562. The van der Waals surface area contributed by atoms with E-state index in [4.69, 9.17) is 23.2 Å². The van der Waals surface area contributed by atoms with Crippen LogP contribution in [0.1, 0.15) is 38.4 Å². The highest BCUT2D eigenvalue weighted by molar-refractivity contribution is 6.34. The normalized spacial score (nSPS) is 12.6. The van der Waals surface area contributed by atoms with Crippen molar-refractivity contribution in [1.82, 2.24) is 16.0 Å². The molecule has 0 spiro atoms. The van der Waals surface area contributed by atoms with Gasteiger partial charge in [0.25, 0.3) is 0 Å². The molecule has 0 aromatic heterocycles. The fourth-order valence-corrected chi connectivity index (χ4v) is 2.58. The third kappa shape index (κ3) is 8.95. The minimum Gasteiger partial charge on any atom is -0.386 e. The lowest BCUT2D eigenvalue weighted by Gasteiger charge is -2.14. The molecule has 1 aromatic rings. The molecule has 140 valence electrons. The van der Waals surface area contributed by atoms with E-state index >= 15 is 0 Å². The molecule has 1 amide bonds. The Hall–Kier alpha value is -1.50. The SMILES string of the molecule is CCCNC(=O)CCNC(=NCC(O)c1cc(Cl)cc(Cl)c1)NCC. The maximum absolute atomic E-state index is 11.6. The van der Waals surface area contributed by atoms with Crippen LogP contribution in [0.4, 0.5) is 0 Å². The fraction of sp³-hybridized carbons (Fsp3) is 0.529. The number of rotatable bonds is 9. The minimum atomic E-state index is -0.820. The van der Waals surface area contributed by atoms with Crippen molar-refractivity contribution in [1.29, 1.82) is 0 Å². The van der Waals surface area contributed by atoms with Gasteiger partial charge in [-0.05, 0) is 37.1 Å². The summed E-state index contributed by atoms with van der Waals surface area (Å²) < 4.78 is 0. The molecule has 0 fully saturated rings. The van der Waals surface area contributed by atoms with Crippen LogP contribution in [-0.4, -0.2) is 43.2 Å². The molecular weight excluding hydrogens is 363 g/mol. The summed E-state index contributed by atoms with van der Waals surface area (Å²) in [5, 5.41) is 20.1. The summed E-state index contributed by atoms with van der Waals surface area (Å²) in [5.41, 5.74) is 0.607. The van der Waals surface area contributed by atoms with E-state index in [1.165, 1.54) is 0 Å². The molecule has 8 heteroatoms. The van der Waals surface area contributed by atoms with Crippen molar-refractivity contribution < 1.29 is 9.90 Å². The number of hydrogen-bond donors (Lipinski definition) is 4. The number of benzene rings is 1. The van der Waals surface area contributed by atoms with E-state index in [0.717, 1.165) is 6.42 Å². The number of aliphatic hydroxyl groups excluding tert-OH is 1. The van der Waals surface area contributed by atoms with Gasteiger partial charge >= 0.3 is 0 Å². The van der Waals surface area contributed by atoms with Gasteiger partial charge in [0.1, 0.15) is 0 Å². The first kappa shape index (κ1) is 21.5. The van der Waals surface area contributed by atoms with Crippen molar-refractivity contribution >= 4 is 35.1 Å². The van der Waals surface area contributed by atoms with E-state index in [0.29, 0.717) is 47.6 Å². The number of guanidine groups is 1. The summed E-state index contributed by atoms with van der Waals surface area (Å²) in [5.74, 6) is 0.539. The highest BCUT2D eigenvalue weighted by Crippen LogP contribution is 2.23. The molecule has 0 radical (unpaired) electrons. The molecule has 1 rings (SSSR count). The highest BCUT2D eigenvalue weighted by atomic mass is 35.5. The minimum absolute atomic E-state index is 0.00111. The predicted molar refractivity (Wildman–Crippen MR) is 103 cm³/mol. The van der Waals surface area contributed by atoms with Gasteiger partial charge in [0, 0.05) is 36.1 Å². The second kappa shape index (κ2) is 12.0. The molecule has 25 heavy (non-hydrogen) atoms. The molecule has 0 saturated heterocycles. The lowest BCUT2D eigenvalue weighted by Crippen LogP contribution is -2.39. The van der Waals surface area contributed by atoms with Gasteiger partial charge in [0.2, 0.25) is 5.91 Å². The zero-order chi connectivity index (χ0) is 18.7. The van der Waals surface area contributed by atoms with Crippen LogP contribution in [0.2, 0.25) is 10.0 Å². The van der Waals surface area contributed by atoms with E-state index in [9.17, 15) is 9.90 Å². The molecule has 4 N–H and O–H groups in total. The Morgan fingerprint density at radius 2 is 1.80 bits per heavy atom. The monoisotopic (exact) mass is 388 g/mol. The van der Waals surface area contributed by atoms with Crippen LogP contribution in [-0.2, 0) is 4.79 Å². The van der Waals surface area contributed by atoms with E-state index in [2.05, 4.69) is 20.9 Å². The van der Waals surface area contributed by atoms with Gasteiger partial charge in [0.15, 0.2) is 5.96 Å². The van der Waals surface area contributed by atoms with Gasteiger partial charge < -0.3 is 21.1 Å². The van der Waals surface area contributed by atoms with Gasteiger partial charge in [0.05, 0.1) is 12.6 Å². The molecule has 6 nitrogen and oxygen atoms in total. The second-order valence-corrected chi connectivity index (χ2v) is 6.34. The summed E-state index contributed by atoms with van der Waals surface area (Å²) in [6.45, 7) is 5.91. The largest absolute Gasteiger partial charge is 0.386 e. The van der Waals surface area contributed by atoms with E-state index < -0.39 is 6.10 Å². The van der Waals surface area contributed by atoms with Crippen molar-refractivity contribution in [3.05, 3.63) is 33.8 Å². The van der Waals surface area contributed by atoms with Gasteiger partial charge in [-0.2, -0.15) is 0 Å². The van der Waals surface area contributed by atoms with Crippen LogP contribution in [0.5, 0.6) is 0 Å². The number of hydrogen-bond acceptors (Lipinski definition) is 3. The molecule has 0 aliphatic heterocycles. The van der Waals surface area contributed by atoms with Crippen LogP contribution < -0.4 is 16.0 Å². The molecule has 1 unspecified atom stereocenters. The quantitative estimate of drug-likeness (QED) is 0.386. The third-order valence-electron chi connectivity index (χ3n) is 3.25. The molecule has 0 heterocycles. The van der Waals surface area contributed by atoms with Crippen molar-refractivity contribution in [3.8, 4) is 0 Å². The van der Waals surface area contributed by atoms with Crippen molar-refractivity contribution in [2.75, 3.05) is 26.2 Å². The van der Waals surface area contributed by atoms with Crippen LogP contribution >= 0.6 is 23.2 Å². The molecule has 0 aliphatic carbocycles. The number of nitrogens with zero attached hydrogens (tertiary/aromatic N) is 1. The number of nitrogens with one attached hydrogen (secondary N) is 3. The van der Waals surface area contributed by atoms with E-state index in [-0.39, 0.29) is 12.5 Å². The predicted octanol–water partition coefficient (Wildman–Crippen LogP) is 2.50. The Morgan fingerprint density at radius 3 is 2.40 bits per heavy atom. The van der Waals surface area contributed by atoms with E-state index in [1.54, 1.807) is 18.2 Å². The summed E-state index contributed by atoms with van der Waals surface area (Å²) in [4.78, 5) is 15.9. The van der Waals surface area contributed by atoms with Crippen LogP contribution in [0.3, 0.4) is 0 Å². The van der Waals surface area contributed by atoms with Crippen molar-refractivity contribution in [2.45, 2.75) is 32.8 Å². The number of aliphatic hydroxyl groups is 1. The Balaban J connectivity index is 2.55. The first-order valence-electron chi connectivity index (χ1n) is 8.39. The first-order valence-corrected chi connectivity index (χ1v) is 9.14. The lowest BCUT2D eigenvalue weighted by atomic mass is 10.1. The number of carbonyl (C=O) groups excluding carboxylic acids is 1. The maximum Gasteiger partial charge on any atom is 0.221 e. The molecule has 0 aliphatic rings. The Kier molecular flexibility index (Phi) is 10.3. The number of carbonyl (C=O) groups is 1. The third-order valence-corrected chi connectivity index (χ3v) is 3.69. The summed E-state index contributed by atoms with van der Waals surface area (Å²) in [6.07, 6.45) is 0.449. The van der Waals surface area contributed by atoms with Crippen molar-refractivity contribution in [2.24, 2.45) is 4.99 Å². The molecular formula is C17H26Cl2N4O2. The summed E-state index contributed by atoms with van der Waals surface area (Å²) in [7, 11) is 0. The smallest absolute Gasteiger partial charge is 0.221 e. The number of halogens is 2. The Labute approximate surface area is 159 Å². The first-order chi connectivity index (χ1) is 12.0. The van der Waals surface area contributed by atoms with Crippen LogP contribution in [0.25, 0.3) is 0 Å². The maximum atomic E-state index is 11.6. The summed E-state index contributed by atoms with van der Waals surface area (Å²) >= 11 is 11.9. The summed E-state index contributed by atoms with van der Waals surface area (Å²) in [6, 6.07) is 4.93. The molecule has 1 aromatic carbocycles. The molecule has 0 bridgehead atoms. The van der Waals surface area contributed by atoms with Gasteiger partial charge in [-0.25, -0.2) is 0 Å². The zero-order valence-corrected chi connectivity index (χ0v) is 16.1. The zero-order valence-electron chi connectivity index (χ0n) is 14.6. The standard InChI is InChI=1S/C17H26Cl2N4O2/c1-3-6-21-16(25)5-7-22-17(20-4-2)23-11-15(24)12-8-13(18)10-14(19)9-12/h8-10,15,24H,3-7,11H2,1-2H3,(H,21,25)(H2,20,22,23). The number of aliphatic imine (C=N–C) groups is 1. The topological polar surface area (TPSA) is 85.8 Å². The van der Waals surface area contributed by atoms with Gasteiger partial charge in [-0.15, -0.1) is 0 Å². The average molecular weight is 389 g/mol. The fourth-order valence-electron chi connectivity index (χ4n) is 2.04. The molecule has 0 saturated carbocycles. The average Bonchev–Trinajstić information content (AvgIpc) is 2.56. The molecule has 1 atom stereocenters.